The Labute approximate surface area is 149 Å². The Hall–Kier alpha value is -1.26. The van der Waals surface area contributed by atoms with Crippen LogP contribution in [-0.4, -0.2) is 33.3 Å². The summed E-state index contributed by atoms with van der Waals surface area (Å²) in [5.41, 5.74) is -0.312. The van der Waals surface area contributed by atoms with Crippen molar-refractivity contribution in [2.45, 2.75) is 77.2 Å². The first-order valence-electron chi connectivity index (χ1n) is 8.48. The van der Waals surface area contributed by atoms with E-state index >= 15 is 0 Å². The lowest BCUT2D eigenvalue weighted by atomic mass is 9.83. The van der Waals surface area contributed by atoms with Crippen LogP contribution in [-0.2, 0) is 4.74 Å². The summed E-state index contributed by atoms with van der Waals surface area (Å²) in [4.78, 5) is 14.5. The molecule has 1 fully saturated rings. The van der Waals surface area contributed by atoms with Crippen molar-refractivity contribution in [1.82, 2.24) is 4.90 Å². The number of ether oxygens (including phenoxy) is 1. The first-order valence-corrected chi connectivity index (χ1v) is 8.85. The molecule has 4 nitrogen and oxygen atoms in total. The van der Waals surface area contributed by atoms with Crippen molar-refractivity contribution in [2.24, 2.45) is 0 Å². The Morgan fingerprint density at radius 3 is 2.58 bits per heavy atom. The van der Waals surface area contributed by atoms with Gasteiger partial charge in [-0.05, 0) is 59.9 Å². The molecule has 0 saturated carbocycles. The molecule has 24 heavy (non-hydrogen) atoms. The Morgan fingerprint density at radius 2 is 2.00 bits per heavy atom. The van der Waals surface area contributed by atoms with Gasteiger partial charge in [-0.15, -0.1) is 0 Å². The fourth-order valence-corrected chi connectivity index (χ4v) is 3.60. The number of carbonyl (C=O) groups is 1. The van der Waals surface area contributed by atoms with Crippen molar-refractivity contribution in [2.75, 3.05) is 0 Å². The number of aliphatic hydroxyl groups excluding tert-OH is 1. The highest BCUT2D eigenvalue weighted by atomic mass is 35.5. The maximum Gasteiger partial charge on any atom is 0.411 e. The van der Waals surface area contributed by atoms with E-state index < -0.39 is 11.7 Å². The van der Waals surface area contributed by atoms with Gasteiger partial charge in [-0.2, -0.15) is 0 Å². The van der Waals surface area contributed by atoms with Crippen LogP contribution in [0.1, 0.15) is 65.5 Å². The van der Waals surface area contributed by atoms with Crippen LogP contribution in [0.4, 0.5) is 4.79 Å². The molecule has 134 valence electrons. The van der Waals surface area contributed by atoms with Crippen molar-refractivity contribution in [1.29, 1.82) is 0 Å². The first kappa shape index (κ1) is 19.1. The van der Waals surface area contributed by atoms with Crippen molar-refractivity contribution < 1.29 is 14.6 Å². The van der Waals surface area contributed by atoms with Gasteiger partial charge in [-0.1, -0.05) is 29.8 Å². The number of rotatable bonds is 2. The van der Waals surface area contributed by atoms with Crippen molar-refractivity contribution in [3.63, 3.8) is 0 Å². The molecule has 1 aromatic carbocycles. The molecule has 0 unspecified atom stereocenters. The number of hydrogen-bond acceptors (Lipinski definition) is 3. The molecule has 2 rings (SSSR count). The molecule has 1 saturated heterocycles. The standard InChI is InChI=1S/C19H28ClNO3/c1-18(2,3)24-17(23)21-15(11-8-12-19(21,4)5)16(22)13-9-6-7-10-14(13)20/h6-7,9-10,15-16,22H,8,11-12H2,1-5H3/t15-,16-/m1/s1. The Bertz CT molecular complexity index is 595. The van der Waals surface area contributed by atoms with E-state index in [4.69, 9.17) is 16.3 Å². The third kappa shape index (κ3) is 4.22. The lowest BCUT2D eigenvalue weighted by molar-refractivity contribution is -0.0575. The normalized spacial score (nSPS) is 22.1. The maximum absolute atomic E-state index is 12.8. The molecule has 1 heterocycles. The summed E-state index contributed by atoms with van der Waals surface area (Å²) in [7, 11) is 0. The third-order valence-corrected chi connectivity index (χ3v) is 4.79. The zero-order chi connectivity index (χ0) is 18.1. The Morgan fingerprint density at radius 1 is 1.38 bits per heavy atom. The molecule has 1 aliphatic heterocycles. The third-order valence-electron chi connectivity index (χ3n) is 4.45. The van der Waals surface area contributed by atoms with E-state index in [2.05, 4.69) is 0 Å². The van der Waals surface area contributed by atoms with Crippen LogP contribution in [0.25, 0.3) is 0 Å². The molecule has 1 amide bonds. The number of benzene rings is 1. The quantitative estimate of drug-likeness (QED) is 0.819. The van der Waals surface area contributed by atoms with E-state index in [9.17, 15) is 9.90 Å². The smallest absolute Gasteiger partial charge is 0.411 e. The predicted molar refractivity (Wildman–Crippen MR) is 96.2 cm³/mol. The van der Waals surface area contributed by atoms with Gasteiger partial charge >= 0.3 is 6.09 Å². The van der Waals surface area contributed by atoms with Crippen LogP contribution in [0.3, 0.4) is 0 Å². The Balaban J connectivity index is 2.35. The summed E-state index contributed by atoms with van der Waals surface area (Å²) in [5.74, 6) is 0. The van der Waals surface area contributed by atoms with Crippen LogP contribution < -0.4 is 0 Å². The second-order valence-electron chi connectivity index (χ2n) is 8.09. The number of carbonyl (C=O) groups excluding carboxylic acids is 1. The summed E-state index contributed by atoms with van der Waals surface area (Å²) in [6.07, 6.45) is 1.31. The number of hydrogen-bond donors (Lipinski definition) is 1. The molecular formula is C19H28ClNO3. The van der Waals surface area contributed by atoms with Gasteiger partial charge in [0.2, 0.25) is 0 Å². The topological polar surface area (TPSA) is 49.8 Å². The minimum absolute atomic E-state index is 0.358. The van der Waals surface area contributed by atoms with Gasteiger partial charge in [0, 0.05) is 16.1 Å². The largest absolute Gasteiger partial charge is 0.444 e. The molecule has 2 atom stereocenters. The molecule has 0 radical (unpaired) electrons. The lowest BCUT2D eigenvalue weighted by Crippen LogP contribution is -2.58. The summed E-state index contributed by atoms with van der Waals surface area (Å²) >= 11 is 6.25. The molecule has 1 aromatic rings. The number of halogens is 1. The average Bonchev–Trinajstić information content (AvgIpc) is 2.43. The first-order chi connectivity index (χ1) is 11.0. The summed E-state index contributed by atoms with van der Waals surface area (Å²) in [6.45, 7) is 9.58. The highest BCUT2D eigenvalue weighted by Crippen LogP contribution is 2.39. The highest BCUT2D eigenvalue weighted by molar-refractivity contribution is 6.31. The molecule has 0 bridgehead atoms. The van der Waals surface area contributed by atoms with Gasteiger partial charge in [0.25, 0.3) is 0 Å². The van der Waals surface area contributed by atoms with E-state index in [0.29, 0.717) is 10.6 Å². The van der Waals surface area contributed by atoms with E-state index in [-0.39, 0.29) is 17.7 Å². The fourth-order valence-electron chi connectivity index (χ4n) is 3.36. The number of likely N-dealkylation sites (tertiary alicyclic amines) is 1. The molecule has 0 aliphatic carbocycles. The number of aliphatic hydroxyl groups is 1. The maximum atomic E-state index is 12.8. The molecule has 1 aliphatic rings. The number of amides is 1. The molecule has 0 aromatic heterocycles. The van der Waals surface area contributed by atoms with E-state index in [1.165, 1.54) is 0 Å². The van der Waals surface area contributed by atoms with Crippen LogP contribution >= 0.6 is 11.6 Å². The van der Waals surface area contributed by atoms with Crippen LogP contribution in [0.15, 0.2) is 24.3 Å². The summed E-state index contributed by atoms with van der Waals surface area (Å²) in [5, 5.41) is 11.5. The molecule has 0 spiro atoms. The van der Waals surface area contributed by atoms with Crippen LogP contribution in [0.5, 0.6) is 0 Å². The minimum Gasteiger partial charge on any atom is -0.444 e. The number of piperidine rings is 1. The van der Waals surface area contributed by atoms with Gasteiger partial charge in [0.15, 0.2) is 0 Å². The SMILES string of the molecule is CC(C)(C)OC(=O)N1[C@@H]([C@H](O)c2ccccc2Cl)CCCC1(C)C. The van der Waals surface area contributed by atoms with Crippen LogP contribution in [0, 0.1) is 0 Å². The predicted octanol–water partition coefficient (Wildman–Crippen LogP) is 4.94. The van der Waals surface area contributed by atoms with Gasteiger partial charge in [0.05, 0.1) is 6.04 Å². The molecular weight excluding hydrogens is 326 g/mol. The minimum atomic E-state index is -0.842. The van der Waals surface area contributed by atoms with Crippen LogP contribution in [0.2, 0.25) is 5.02 Å². The fraction of sp³-hybridized carbons (Fsp3) is 0.632. The number of nitrogens with zero attached hydrogens (tertiary/aromatic N) is 1. The van der Waals surface area contributed by atoms with Crippen molar-refractivity contribution in [3.8, 4) is 0 Å². The molecule has 5 heteroatoms. The van der Waals surface area contributed by atoms with E-state index in [1.807, 2.05) is 52.8 Å². The van der Waals surface area contributed by atoms with Gasteiger partial charge in [0.1, 0.15) is 11.7 Å². The van der Waals surface area contributed by atoms with Crippen molar-refractivity contribution in [3.05, 3.63) is 34.9 Å². The summed E-state index contributed by atoms with van der Waals surface area (Å²) < 4.78 is 5.60. The zero-order valence-electron chi connectivity index (χ0n) is 15.2. The van der Waals surface area contributed by atoms with E-state index in [1.54, 1.807) is 11.0 Å². The average molecular weight is 354 g/mol. The van der Waals surface area contributed by atoms with Gasteiger partial charge in [-0.25, -0.2) is 4.79 Å². The monoisotopic (exact) mass is 353 g/mol. The van der Waals surface area contributed by atoms with Gasteiger partial charge < -0.3 is 9.84 Å². The second kappa shape index (κ2) is 6.93. The Kier molecular flexibility index (Phi) is 5.50. The van der Waals surface area contributed by atoms with Gasteiger partial charge in [-0.3, -0.25) is 4.90 Å². The highest BCUT2D eigenvalue weighted by Gasteiger charge is 2.44. The molecule has 1 N–H and O–H groups in total. The zero-order valence-corrected chi connectivity index (χ0v) is 15.9. The summed E-state index contributed by atoms with van der Waals surface area (Å²) in [6, 6.07) is 6.88. The second-order valence-corrected chi connectivity index (χ2v) is 8.50. The van der Waals surface area contributed by atoms with E-state index in [0.717, 1.165) is 19.3 Å². The lowest BCUT2D eigenvalue weighted by Gasteiger charge is -2.49. The van der Waals surface area contributed by atoms with Crippen molar-refractivity contribution >= 4 is 17.7 Å².